The van der Waals surface area contributed by atoms with Crippen molar-refractivity contribution < 1.29 is 4.74 Å². The number of piperazine rings is 1. The fourth-order valence-corrected chi connectivity index (χ4v) is 2.49. The van der Waals surface area contributed by atoms with Gasteiger partial charge in [-0.15, -0.1) is 0 Å². The first-order chi connectivity index (χ1) is 9.19. The van der Waals surface area contributed by atoms with Gasteiger partial charge >= 0.3 is 0 Å². The summed E-state index contributed by atoms with van der Waals surface area (Å²) in [6, 6.07) is 6.09. The van der Waals surface area contributed by atoms with Gasteiger partial charge in [-0.2, -0.15) is 0 Å². The third kappa shape index (κ3) is 4.11. The highest BCUT2D eigenvalue weighted by Crippen LogP contribution is 2.22. The zero-order valence-corrected chi connectivity index (χ0v) is 12.1. The summed E-state index contributed by atoms with van der Waals surface area (Å²) >= 11 is 0. The lowest BCUT2D eigenvalue weighted by molar-refractivity contribution is 0.153. The van der Waals surface area contributed by atoms with Crippen molar-refractivity contribution in [2.45, 2.75) is 12.8 Å². The Kier molecular flexibility index (Phi) is 5.05. The van der Waals surface area contributed by atoms with Crippen molar-refractivity contribution in [2.75, 3.05) is 52.6 Å². The molecule has 0 aromatic heterocycles. The number of ether oxygens (including phenoxy) is 1. The minimum atomic E-state index is 0.713. The Morgan fingerprint density at radius 3 is 2.63 bits per heavy atom. The van der Waals surface area contributed by atoms with E-state index in [0.29, 0.717) is 5.69 Å². The molecule has 1 aliphatic heterocycles. The van der Waals surface area contributed by atoms with E-state index in [1.54, 1.807) is 7.11 Å². The van der Waals surface area contributed by atoms with Gasteiger partial charge in [0.05, 0.1) is 12.8 Å². The van der Waals surface area contributed by atoms with Crippen molar-refractivity contribution in [1.82, 2.24) is 9.80 Å². The van der Waals surface area contributed by atoms with E-state index in [0.717, 1.165) is 12.2 Å². The Bertz CT molecular complexity index is 400. The van der Waals surface area contributed by atoms with Gasteiger partial charge in [0.1, 0.15) is 5.75 Å². The third-order valence-corrected chi connectivity index (χ3v) is 3.83. The molecule has 19 heavy (non-hydrogen) atoms. The molecule has 106 valence electrons. The van der Waals surface area contributed by atoms with E-state index in [2.05, 4.69) is 29.0 Å². The number of benzene rings is 1. The average molecular weight is 263 g/mol. The van der Waals surface area contributed by atoms with Gasteiger partial charge in [0, 0.05) is 26.2 Å². The fraction of sp³-hybridized carbons (Fsp3) is 0.600. The van der Waals surface area contributed by atoms with Crippen molar-refractivity contribution in [3.8, 4) is 5.75 Å². The van der Waals surface area contributed by atoms with Crippen molar-refractivity contribution in [1.29, 1.82) is 0 Å². The number of rotatable bonds is 5. The van der Waals surface area contributed by atoms with E-state index >= 15 is 0 Å². The number of nitrogens with two attached hydrogens (primary N) is 1. The molecule has 1 saturated heterocycles. The van der Waals surface area contributed by atoms with Gasteiger partial charge in [-0.1, -0.05) is 6.07 Å². The number of nitrogens with zero attached hydrogens (tertiary/aromatic N) is 2. The van der Waals surface area contributed by atoms with Crippen LogP contribution >= 0.6 is 0 Å². The van der Waals surface area contributed by atoms with Gasteiger partial charge in [0.2, 0.25) is 0 Å². The summed E-state index contributed by atoms with van der Waals surface area (Å²) in [6.07, 6.45) is 2.28. The molecule has 1 fully saturated rings. The maximum atomic E-state index is 5.82. The SMILES string of the molecule is COc1cc(CCCN2CCN(C)CC2)ccc1N. The summed E-state index contributed by atoms with van der Waals surface area (Å²) in [5.74, 6) is 0.789. The Hall–Kier alpha value is -1.26. The van der Waals surface area contributed by atoms with Crippen molar-refractivity contribution >= 4 is 5.69 Å². The highest BCUT2D eigenvalue weighted by molar-refractivity contribution is 5.53. The highest BCUT2D eigenvalue weighted by atomic mass is 16.5. The molecule has 4 heteroatoms. The molecule has 4 nitrogen and oxygen atoms in total. The molecular weight excluding hydrogens is 238 g/mol. The largest absolute Gasteiger partial charge is 0.495 e. The summed E-state index contributed by atoms with van der Waals surface area (Å²) in [5, 5.41) is 0. The van der Waals surface area contributed by atoms with Crippen LogP contribution in [0.5, 0.6) is 5.75 Å². The van der Waals surface area contributed by atoms with Crippen LogP contribution in [-0.4, -0.2) is 56.7 Å². The first-order valence-corrected chi connectivity index (χ1v) is 7.02. The zero-order valence-electron chi connectivity index (χ0n) is 12.1. The van der Waals surface area contributed by atoms with E-state index in [1.165, 1.54) is 44.7 Å². The zero-order chi connectivity index (χ0) is 13.7. The lowest BCUT2D eigenvalue weighted by Crippen LogP contribution is -2.44. The monoisotopic (exact) mass is 263 g/mol. The Morgan fingerprint density at radius 2 is 1.95 bits per heavy atom. The van der Waals surface area contributed by atoms with Crippen LogP contribution in [-0.2, 0) is 6.42 Å². The number of methoxy groups -OCH3 is 1. The number of nitrogen functional groups attached to an aromatic ring is 1. The lowest BCUT2D eigenvalue weighted by atomic mass is 10.1. The van der Waals surface area contributed by atoms with Crippen LogP contribution in [0.3, 0.4) is 0 Å². The fourth-order valence-electron chi connectivity index (χ4n) is 2.49. The molecule has 0 spiro atoms. The summed E-state index contributed by atoms with van der Waals surface area (Å²) < 4.78 is 5.25. The first kappa shape index (κ1) is 14.2. The molecule has 1 heterocycles. The highest BCUT2D eigenvalue weighted by Gasteiger charge is 2.12. The quantitative estimate of drug-likeness (QED) is 0.817. The topological polar surface area (TPSA) is 41.7 Å². The van der Waals surface area contributed by atoms with Gasteiger partial charge in [0.25, 0.3) is 0 Å². The average Bonchev–Trinajstić information content (AvgIpc) is 2.43. The maximum Gasteiger partial charge on any atom is 0.142 e. The third-order valence-electron chi connectivity index (χ3n) is 3.83. The van der Waals surface area contributed by atoms with Crippen LogP contribution < -0.4 is 10.5 Å². The molecular formula is C15H25N3O. The summed E-state index contributed by atoms with van der Waals surface area (Å²) in [4.78, 5) is 4.94. The molecule has 2 N–H and O–H groups in total. The van der Waals surface area contributed by atoms with Crippen molar-refractivity contribution in [2.24, 2.45) is 0 Å². The minimum absolute atomic E-state index is 0.713. The number of aryl methyl sites for hydroxylation is 1. The Balaban J connectivity index is 1.76. The number of anilines is 1. The van der Waals surface area contributed by atoms with Gasteiger partial charge < -0.3 is 20.3 Å². The molecule has 1 aliphatic rings. The summed E-state index contributed by atoms with van der Waals surface area (Å²) in [7, 11) is 3.86. The molecule has 0 amide bonds. The molecule has 2 rings (SSSR count). The molecule has 0 atom stereocenters. The van der Waals surface area contributed by atoms with E-state index in [1.807, 2.05) is 6.07 Å². The normalized spacial score (nSPS) is 17.6. The van der Waals surface area contributed by atoms with Crippen molar-refractivity contribution in [3.63, 3.8) is 0 Å². The van der Waals surface area contributed by atoms with Crippen molar-refractivity contribution in [3.05, 3.63) is 23.8 Å². The smallest absolute Gasteiger partial charge is 0.142 e. The van der Waals surface area contributed by atoms with Gasteiger partial charge in [0.15, 0.2) is 0 Å². The second-order valence-corrected chi connectivity index (χ2v) is 5.32. The van der Waals surface area contributed by atoms with Crippen LogP contribution in [0.4, 0.5) is 5.69 Å². The number of likely N-dealkylation sites (N-methyl/N-ethyl adjacent to an activating group) is 1. The van der Waals surface area contributed by atoms with Gasteiger partial charge in [-0.25, -0.2) is 0 Å². The summed E-state index contributed by atoms with van der Waals surface area (Å²) in [5.41, 5.74) is 7.84. The van der Waals surface area contributed by atoms with Crippen LogP contribution in [0, 0.1) is 0 Å². The predicted molar refractivity (Wildman–Crippen MR) is 79.7 cm³/mol. The van der Waals surface area contributed by atoms with E-state index in [9.17, 15) is 0 Å². The standard InChI is InChI=1S/C15H25N3O/c1-17-8-10-18(11-9-17)7-3-4-13-5-6-14(16)15(12-13)19-2/h5-6,12H,3-4,7-11,16H2,1-2H3. The second kappa shape index (κ2) is 6.78. The first-order valence-electron chi connectivity index (χ1n) is 7.02. The molecule has 0 radical (unpaired) electrons. The molecule has 0 bridgehead atoms. The van der Waals surface area contributed by atoms with Crippen LogP contribution in [0.25, 0.3) is 0 Å². The Labute approximate surface area is 116 Å². The second-order valence-electron chi connectivity index (χ2n) is 5.32. The van der Waals surface area contributed by atoms with E-state index < -0.39 is 0 Å². The van der Waals surface area contributed by atoms with E-state index in [-0.39, 0.29) is 0 Å². The predicted octanol–water partition coefficient (Wildman–Crippen LogP) is 1.46. The maximum absolute atomic E-state index is 5.82. The molecule has 1 aromatic carbocycles. The molecule has 0 saturated carbocycles. The molecule has 1 aromatic rings. The van der Waals surface area contributed by atoms with E-state index in [4.69, 9.17) is 10.5 Å². The van der Waals surface area contributed by atoms with Gasteiger partial charge in [-0.05, 0) is 44.1 Å². The number of hydrogen-bond acceptors (Lipinski definition) is 4. The van der Waals surface area contributed by atoms with Gasteiger partial charge in [-0.3, -0.25) is 0 Å². The minimum Gasteiger partial charge on any atom is -0.495 e. The van der Waals surface area contributed by atoms with Crippen LogP contribution in [0.2, 0.25) is 0 Å². The van der Waals surface area contributed by atoms with Crippen LogP contribution in [0.15, 0.2) is 18.2 Å². The summed E-state index contributed by atoms with van der Waals surface area (Å²) in [6.45, 7) is 5.95. The van der Waals surface area contributed by atoms with Crippen LogP contribution in [0.1, 0.15) is 12.0 Å². The number of hydrogen-bond donors (Lipinski definition) is 1. The lowest BCUT2D eigenvalue weighted by Gasteiger charge is -2.32. The molecule has 0 aliphatic carbocycles. The molecule has 0 unspecified atom stereocenters. The Morgan fingerprint density at radius 1 is 1.21 bits per heavy atom.